The molecule has 0 aliphatic carbocycles. The molecule has 1 atom stereocenters. The molecule has 0 bridgehead atoms. The van der Waals surface area contributed by atoms with Crippen molar-refractivity contribution in [1.29, 1.82) is 0 Å². The number of hydrogen-bond acceptors (Lipinski definition) is 4. The van der Waals surface area contributed by atoms with Gasteiger partial charge in [-0.1, -0.05) is 6.42 Å². The number of nitrogens with one attached hydrogen (secondary N) is 2. The molecule has 2 aliphatic heterocycles. The Kier molecular flexibility index (Phi) is 4.81. The Morgan fingerprint density at radius 2 is 2.30 bits per heavy atom. The molecule has 0 radical (unpaired) electrons. The number of amides is 2. The Morgan fingerprint density at radius 3 is 3.13 bits per heavy atom. The molecule has 0 saturated carbocycles. The van der Waals surface area contributed by atoms with Gasteiger partial charge in [-0.25, -0.2) is 0 Å². The molecule has 124 valence electrons. The van der Waals surface area contributed by atoms with Crippen LogP contribution in [0.3, 0.4) is 0 Å². The van der Waals surface area contributed by atoms with Crippen LogP contribution >= 0.6 is 0 Å². The molecule has 6 heteroatoms. The average molecular weight is 317 g/mol. The van der Waals surface area contributed by atoms with E-state index in [1.165, 1.54) is 19.3 Å². The lowest BCUT2D eigenvalue weighted by molar-refractivity contribution is -0.118. The van der Waals surface area contributed by atoms with Gasteiger partial charge in [-0.3, -0.25) is 14.5 Å². The lowest BCUT2D eigenvalue weighted by atomic mass is 10.0. The van der Waals surface area contributed by atoms with Crippen LogP contribution in [-0.2, 0) is 4.79 Å². The molecule has 1 aromatic carbocycles. The van der Waals surface area contributed by atoms with E-state index >= 15 is 0 Å². The fourth-order valence-electron chi connectivity index (χ4n) is 3.12. The summed E-state index contributed by atoms with van der Waals surface area (Å²) in [5.74, 6) is 0.255. The molecule has 0 unspecified atom stereocenters. The molecule has 1 fully saturated rings. The minimum atomic E-state index is -0.176. The van der Waals surface area contributed by atoms with Crippen molar-refractivity contribution in [3.63, 3.8) is 0 Å². The zero-order chi connectivity index (χ0) is 16.2. The Bertz CT molecular complexity index is 603. The summed E-state index contributed by atoms with van der Waals surface area (Å²) >= 11 is 0. The van der Waals surface area contributed by atoms with Crippen molar-refractivity contribution in [3.8, 4) is 5.75 Å². The zero-order valence-corrected chi connectivity index (χ0v) is 13.4. The summed E-state index contributed by atoms with van der Waals surface area (Å²) in [6.45, 7) is 4.87. The number of piperidine rings is 1. The third kappa shape index (κ3) is 3.82. The van der Waals surface area contributed by atoms with Crippen LogP contribution in [-0.4, -0.2) is 49.0 Å². The van der Waals surface area contributed by atoms with Crippen LogP contribution in [0.4, 0.5) is 5.69 Å². The number of fused-ring (bicyclic) bond motifs is 1. The van der Waals surface area contributed by atoms with E-state index in [1.54, 1.807) is 18.2 Å². The van der Waals surface area contributed by atoms with Gasteiger partial charge in [0.05, 0.1) is 5.69 Å². The molecule has 2 N–H and O–H groups in total. The third-order valence-electron chi connectivity index (χ3n) is 4.50. The molecule has 0 spiro atoms. The fourth-order valence-corrected chi connectivity index (χ4v) is 3.12. The summed E-state index contributed by atoms with van der Waals surface area (Å²) < 4.78 is 5.34. The average Bonchev–Trinajstić information content (AvgIpc) is 2.56. The van der Waals surface area contributed by atoms with Crippen molar-refractivity contribution in [2.75, 3.05) is 31.6 Å². The minimum Gasteiger partial charge on any atom is -0.482 e. The number of ether oxygens (including phenoxy) is 1. The first-order valence-corrected chi connectivity index (χ1v) is 8.22. The Balaban J connectivity index is 1.53. The molecule has 1 aromatic rings. The number of carbonyl (C=O) groups is 2. The number of anilines is 1. The molecular formula is C17H23N3O3. The van der Waals surface area contributed by atoms with Gasteiger partial charge in [0.1, 0.15) is 5.75 Å². The Labute approximate surface area is 136 Å². The van der Waals surface area contributed by atoms with Gasteiger partial charge in [0, 0.05) is 24.7 Å². The summed E-state index contributed by atoms with van der Waals surface area (Å²) in [4.78, 5) is 25.9. The summed E-state index contributed by atoms with van der Waals surface area (Å²) in [7, 11) is 0. The van der Waals surface area contributed by atoms with Crippen molar-refractivity contribution >= 4 is 17.5 Å². The van der Waals surface area contributed by atoms with E-state index in [9.17, 15) is 9.59 Å². The highest BCUT2D eigenvalue weighted by Gasteiger charge is 2.19. The molecule has 0 aromatic heterocycles. The summed E-state index contributed by atoms with van der Waals surface area (Å²) in [6, 6.07) is 5.68. The van der Waals surface area contributed by atoms with Gasteiger partial charge < -0.3 is 15.4 Å². The van der Waals surface area contributed by atoms with E-state index in [0.717, 1.165) is 13.1 Å². The van der Waals surface area contributed by atoms with Crippen molar-refractivity contribution in [2.24, 2.45) is 0 Å². The highest BCUT2D eigenvalue weighted by molar-refractivity contribution is 5.98. The molecule has 6 nitrogen and oxygen atoms in total. The SMILES string of the molecule is C[C@H]1CCCCN1CCNC(=O)c1ccc2c(c1)OCC(=O)N2. The topological polar surface area (TPSA) is 70.7 Å². The van der Waals surface area contributed by atoms with E-state index in [-0.39, 0.29) is 18.4 Å². The summed E-state index contributed by atoms with van der Waals surface area (Å²) in [6.07, 6.45) is 3.78. The van der Waals surface area contributed by atoms with Crippen molar-refractivity contribution in [1.82, 2.24) is 10.2 Å². The van der Waals surface area contributed by atoms with Crippen LogP contribution < -0.4 is 15.4 Å². The lowest BCUT2D eigenvalue weighted by Crippen LogP contribution is -2.42. The highest BCUT2D eigenvalue weighted by atomic mass is 16.5. The highest BCUT2D eigenvalue weighted by Crippen LogP contribution is 2.28. The second-order valence-corrected chi connectivity index (χ2v) is 6.18. The zero-order valence-electron chi connectivity index (χ0n) is 13.4. The van der Waals surface area contributed by atoms with Crippen molar-refractivity contribution < 1.29 is 14.3 Å². The number of carbonyl (C=O) groups excluding carboxylic acids is 2. The third-order valence-corrected chi connectivity index (χ3v) is 4.50. The van der Waals surface area contributed by atoms with Gasteiger partial charge in [-0.2, -0.15) is 0 Å². The van der Waals surface area contributed by atoms with E-state index in [0.29, 0.717) is 29.6 Å². The van der Waals surface area contributed by atoms with Gasteiger partial charge in [0.25, 0.3) is 11.8 Å². The first-order chi connectivity index (χ1) is 11.1. The maximum absolute atomic E-state index is 12.2. The standard InChI is InChI=1S/C17H23N3O3/c1-12-4-2-3-8-20(12)9-7-18-17(22)13-5-6-14-15(10-13)23-11-16(21)19-14/h5-6,10,12H,2-4,7-9,11H2,1H3,(H,18,22)(H,19,21)/t12-/m0/s1. The molecule has 2 heterocycles. The second-order valence-electron chi connectivity index (χ2n) is 6.18. The Morgan fingerprint density at radius 1 is 1.43 bits per heavy atom. The van der Waals surface area contributed by atoms with E-state index in [4.69, 9.17) is 4.74 Å². The monoisotopic (exact) mass is 317 g/mol. The molecule has 3 rings (SSSR count). The predicted octanol–water partition coefficient (Wildman–Crippen LogP) is 1.62. The van der Waals surface area contributed by atoms with Gasteiger partial charge in [0.2, 0.25) is 0 Å². The van der Waals surface area contributed by atoms with Crippen LogP contribution in [0, 0.1) is 0 Å². The van der Waals surface area contributed by atoms with Crippen LogP contribution in [0.15, 0.2) is 18.2 Å². The van der Waals surface area contributed by atoms with Crippen LogP contribution in [0.5, 0.6) is 5.75 Å². The minimum absolute atomic E-state index is 0.00901. The van der Waals surface area contributed by atoms with Gasteiger partial charge in [-0.15, -0.1) is 0 Å². The number of nitrogens with zero attached hydrogens (tertiary/aromatic N) is 1. The van der Waals surface area contributed by atoms with Crippen molar-refractivity contribution in [2.45, 2.75) is 32.2 Å². The van der Waals surface area contributed by atoms with Gasteiger partial charge in [0.15, 0.2) is 6.61 Å². The normalized spacial score (nSPS) is 21.1. The molecule has 2 aliphatic rings. The molecule has 1 saturated heterocycles. The number of hydrogen-bond donors (Lipinski definition) is 2. The predicted molar refractivity (Wildman–Crippen MR) is 87.8 cm³/mol. The quantitative estimate of drug-likeness (QED) is 0.885. The van der Waals surface area contributed by atoms with E-state index < -0.39 is 0 Å². The van der Waals surface area contributed by atoms with Crippen LogP contribution in [0.1, 0.15) is 36.5 Å². The lowest BCUT2D eigenvalue weighted by Gasteiger charge is -2.33. The molecular weight excluding hydrogens is 294 g/mol. The number of rotatable bonds is 4. The van der Waals surface area contributed by atoms with Crippen LogP contribution in [0.2, 0.25) is 0 Å². The smallest absolute Gasteiger partial charge is 0.262 e. The van der Waals surface area contributed by atoms with Gasteiger partial charge >= 0.3 is 0 Å². The van der Waals surface area contributed by atoms with Gasteiger partial charge in [-0.05, 0) is 44.5 Å². The van der Waals surface area contributed by atoms with E-state index in [1.807, 2.05) is 0 Å². The maximum Gasteiger partial charge on any atom is 0.262 e. The second kappa shape index (κ2) is 7.00. The maximum atomic E-state index is 12.2. The van der Waals surface area contributed by atoms with E-state index in [2.05, 4.69) is 22.5 Å². The van der Waals surface area contributed by atoms with Crippen LogP contribution in [0.25, 0.3) is 0 Å². The molecule has 2 amide bonds. The first kappa shape index (κ1) is 15.8. The molecule has 23 heavy (non-hydrogen) atoms. The first-order valence-electron chi connectivity index (χ1n) is 8.22. The fraction of sp³-hybridized carbons (Fsp3) is 0.529. The Hall–Kier alpha value is -2.08. The number of likely N-dealkylation sites (tertiary alicyclic amines) is 1. The summed E-state index contributed by atoms with van der Waals surface area (Å²) in [5.41, 5.74) is 1.16. The largest absolute Gasteiger partial charge is 0.482 e. The summed E-state index contributed by atoms with van der Waals surface area (Å²) in [5, 5.41) is 5.67. The van der Waals surface area contributed by atoms with Crippen molar-refractivity contribution in [3.05, 3.63) is 23.8 Å². The number of benzene rings is 1.